The van der Waals surface area contributed by atoms with Crippen LogP contribution >= 0.6 is 0 Å². The minimum atomic E-state index is -3.20. The average Bonchev–Trinajstić information content (AvgIpc) is 2.84. The minimum absolute atomic E-state index is 0.168. The molecule has 3 nitrogen and oxygen atoms in total. The smallest absolute Gasteiger partial charge is 0.207 e. The molecule has 0 radical (unpaired) electrons. The van der Waals surface area contributed by atoms with E-state index in [1.165, 1.54) is 4.31 Å². The zero-order valence-electron chi connectivity index (χ0n) is 8.27. The van der Waals surface area contributed by atoms with Crippen molar-refractivity contribution in [1.29, 1.82) is 0 Å². The molecule has 0 aliphatic carbocycles. The topological polar surface area (TPSA) is 37.1 Å². The summed E-state index contributed by atoms with van der Waals surface area (Å²) in [6, 6.07) is 7.13. The summed E-state index contributed by atoms with van der Waals surface area (Å²) in [5, 5.41) is 0. The Morgan fingerprint density at radius 2 is 1.79 bits per heavy atom. The Balaban J connectivity index is 2.35. The molecule has 0 aromatic heterocycles. The Kier molecular flexibility index (Phi) is 2.12. The number of hydrogen-bond acceptors (Lipinski definition) is 2. The number of aryl methyl sites for hydroxylation is 1. The van der Waals surface area contributed by atoms with Crippen LogP contribution in [0.25, 0.3) is 0 Å². The molecule has 4 heteroatoms. The minimum Gasteiger partial charge on any atom is -0.207 e. The quantitative estimate of drug-likeness (QED) is 0.693. The van der Waals surface area contributed by atoms with Crippen LogP contribution in [0.1, 0.15) is 12.5 Å². The molecule has 0 N–H and O–H groups in total. The fourth-order valence-electron chi connectivity index (χ4n) is 1.39. The van der Waals surface area contributed by atoms with Crippen molar-refractivity contribution in [1.82, 2.24) is 4.31 Å². The summed E-state index contributed by atoms with van der Waals surface area (Å²) in [5.41, 5.74) is 1.07. The summed E-state index contributed by atoms with van der Waals surface area (Å²) in [7, 11) is -3.20. The van der Waals surface area contributed by atoms with Crippen molar-refractivity contribution in [3.05, 3.63) is 29.8 Å². The summed E-state index contributed by atoms with van der Waals surface area (Å²) in [4.78, 5) is 0.396. The molecule has 1 aromatic carbocycles. The molecule has 0 amide bonds. The second-order valence-electron chi connectivity index (χ2n) is 3.74. The Bertz CT molecular complexity index is 436. The lowest BCUT2D eigenvalue weighted by atomic mass is 10.2. The monoisotopic (exact) mass is 211 g/mol. The zero-order valence-corrected chi connectivity index (χ0v) is 9.08. The molecule has 1 saturated heterocycles. The van der Waals surface area contributed by atoms with Crippen molar-refractivity contribution in [2.75, 3.05) is 6.54 Å². The molecule has 0 bridgehead atoms. The van der Waals surface area contributed by atoms with Gasteiger partial charge in [0.2, 0.25) is 10.0 Å². The molecular formula is C10H13NO2S. The lowest BCUT2D eigenvalue weighted by Crippen LogP contribution is -2.13. The van der Waals surface area contributed by atoms with Gasteiger partial charge in [-0.05, 0) is 26.0 Å². The van der Waals surface area contributed by atoms with E-state index >= 15 is 0 Å². The van der Waals surface area contributed by atoms with E-state index in [2.05, 4.69) is 0 Å². The summed E-state index contributed by atoms with van der Waals surface area (Å²) >= 11 is 0. The number of benzene rings is 1. The SMILES string of the molecule is Cc1ccc(S(=O)(=O)N2C[C@@H]2C)cc1. The molecule has 76 valence electrons. The van der Waals surface area contributed by atoms with Crippen molar-refractivity contribution in [2.24, 2.45) is 0 Å². The highest BCUT2D eigenvalue weighted by atomic mass is 32.2. The first-order valence-corrected chi connectivity index (χ1v) is 6.04. The second-order valence-corrected chi connectivity index (χ2v) is 5.63. The van der Waals surface area contributed by atoms with Gasteiger partial charge >= 0.3 is 0 Å². The molecule has 2 atom stereocenters. The predicted octanol–water partition coefficient (Wildman–Crippen LogP) is 1.39. The molecule has 1 aromatic rings. The maximum atomic E-state index is 11.8. The summed E-state index contributed by atoms with van der Waals surface area (Å²) < 4.78 is 25.2. The van der Waals surface area contributed by atoms with Crippen molar-refractivity contribution in [3.8, 4) is 0 Å². The number of rotatable bonds is 2. The molecule has 1 unspecified atom stereocenters. The lowest BCUT2D eigenvalue weighted by molar-refractivity contribution is 0.555. The number of nitrogens with zero attached hydrogens (tertiary/aromatic N) is 1. The molecule has 1 heterocycles. The molecule has 0 saturated carbocycles. The molecule has 14 heavy (non-hydrogen) atoms. The van der Waals surface area contributed by atoms with Crippen molar-refractivity contribution < 1.29 is 8.42 Å². The van der Waals surface area contributed by atoms with E-state index in [0.29, 0.717) is 11.4 Å². The summed E-state index contributed by atoms with van der Waals surface area (Å²) in [6.45, 7) is 4.50. The molecule has 2 rings (SSSR count). The third-order valence-corrected chi connectivity index (χ3v) is 4.42. The molecule has 1 aliphatic heterocycles. The van der Waals surface area contributed by atoms with Gasteiger partial charge in [0, 0.05) is 12.6 Å². The van der Waals surface area contributed by atoms with Crippen molar-refractivity contribution in [3.63, 3.8) is 0 Å². The van der Waals surface area contributed by atoms with Gasteiger partial charge in [0.1, 0.15) is 0 Å². The first-order chi connectivity index (χ1) is 6.51. The Hall–Kier alpha value is -0.870. The van der Waals surface area contributed by atoms with E-state index in [0.717, 1.165) is 5.56 Å². The highest BCUT2D eigenvalue weighted by Crippen LogP contribution is 2.27. The van der Waals surface area contributed by atoms with Gasteiger partial charge in [-0.1, -0.05) is 17.7 Å². The zero-order chi connectivity index (χ0) is 10.3. The average molecular weight is 211 g/mol. The normalized spacial score (nSPS) is 26.1. The fraction of sp³-hybridized carbons (Fsp3) is 0.400. The standard InChI is InChI=1S/C10H13NO2S/c1-8-3-5-10(6-4-8)14(12,13)11-7-9(11)2/h3-6,9H,7H2,1-2H3/t9-,11?/m0/s1. The van der Waals surface area contributed by atoms with Gasteiger partial charge in [-0.2, -0.15) is 4.31 Å². The van der Waals surface area contributed by atoms with Crippen LogP contribution in [-0.2, 0) is 10.0 Å². The maximum Gasteiger partial charge on any atom is 0.243 e. The largest absolute Gasteiger partial charge is 0.243 e. The molecule has 1 fully saturated rings. The summed E-state index contributed by atoms with van der Waals surface area (Å²) in [5.74, 6) is 0. The maximum absolute atomic E-state index is 11.8. The van der Waals surface area contributed by atoms with E-state index in [9.17, 15) is 8.42 Å². The Labute approximate surface area is 84.4 Å². The van der Waals surface area contributed by atoms with E-state index in [-0.39, 0.29) is 6.04 Å². The van der Waals surface area contributed by atoms with Crippen LogP contribution in [0.15, 0.2) is 29.2 Å². The third kappa shape index (κ3) is 1.55. The molecular weight excluding hydrogens is 198 g/mol. The summed E-state index contributed by atoms with van der Waals surface area (Å²) in [6.07, 6.45) is 0. The Morgan fingerprint density at radius 3 is 2.21 bits per heavy atom. The van der Waals surface area contributed by atoms with Crippen LogP contribution in [0.2, 0.25) is 0 Å². The van der Waals surface area contributed by atoms with Crippen molar-refractivity contribution >= 4 is 10.0 Å². The van der Waals surface area contributed by atoms with E-state index in [4.69, 9.17) is 0 Å². The van der Waals surface area contributed by atoms with E-state index in [1.54, 1.807) is 12.1 Å². The predicted molar refractivity (Wildman–Crippen MR) is 54.5 cm³/mol. The van der Waals surface area contributed by atoms with Crippen LogP contribution in [-0.4, -0.2) is 25.3 Å². The van der Waals surface area contributed by atoms with Crippen molar-refractivity contribution in [2.45, 2.75) is 24.8 Å². The van der Waals surface area contributed by atoms with Crippen LogP contribution in [0, 0.1) is 6.92 Å². The molecule has 0 spiro atoms. The van der Waals surface area contributed by atoms with E-state index < -0.39 is 10.0 Å². The van der Waals surface area contributed by atoms with Crippen LogP contribution in [0.5, 0.6) is 0 Å². The second kappa shape index (κ2) is 3.07. The Morgan fingerprint density at radius 1 is 1.29 bits per heavy atom. The van der Waals surface area contributed by atoms with E-state index in [1.807, 2.05) is 26.0 Å². The van der Waals surface area contributed by atoms with Gasteiger partial charge in [-0.15, -0.1) is 0 Å². The van der Waals surface area contributed by atoms with Crippen LogP contribution < -0.4 is 0 Å². The van der Waals surface area contributed by atoms with Gasteiger partial charge in [0.25, 0.3) is 0 Å². The third-order valence-electron chi connectivity index (χ3n) is 2.43. The first kappa shape index (κ1) is 9.68. The van der Waals surface area contributed by atoms with Gasteiger partial charge in [-0.3, -0.25) is 0 Å². The highest BCUT2D eigenvalue weighted by Gasteiger charge is 2.40. The molecule has 1 aliphatic rings. The van der Waals surface area contributed by atoms with Crippen LogP contribution in [0.4, 0.5) is 0 Å². The lowest BCUT2D eigenvalue weighted by Gasteiger charge is -2.04. The van der Waals surface area contributed by atoms with Gasteiger partial charge in [0.15, 0.2) is 0 Å². The first-order valence-electron chi connectivity index (χ1n) is 4.60. The number of hydrogen-bond donors (Lipinski definition) is 0. The highest BCUT2D eigenvalue weighted by molar-refractivity contribution is 7.89. The number of sulfonamides is 1. The fourth-order valence-corrected chi connectivity index (χ4v) is 3.03. The van der Waals surface area contributed by atoms with Crippen LogP contribution in [0.3, 0.4) is 0 Å². The van der Waals surface area contributed by atoms with Gasteiger partial charge < -0.3 is 0 Å². The van der Waals surface area contributed by atoms with Gasteiger partial charge in [-0.25, -0.2) is 8.42 Å². The van der Waals surface area contributed by atoms with Gasteiger partial charge in [0.05, 0.1) is 4.90 Å².